The minimum absolute atomic E-state index is 0.0849. The Kier molecular flexibility index (Phi) is 4.77. The van der Waals surface area contributed by atoms with Crippen LogP contribution in [0, 0.1) is 0 Å². The molecule has 0 amide bonds. The van der Waals surface area contributed by atoms with Gasteiger partial charge in [0.1, 0.15) is 0 Å². The summed E-state index contributed by atoms with van der Waals surface area (Å²) in [5.74, 6) is 0. The fourth-order valence-electron chi connectivity index (χ4n) is 8.87. The van der Waals surface area contributed by atoms with E-state index < -0.39 is 0 Å². The molecule has 210 valence electrons. The van der Waals surface area contributed by atoms with Crippen LogP contribution >= 0.6 is 0 Å². The number of nitrogens with zero attached hydrogens (tertiary/aromatic N) is 2. The lowest BCUT2D eigenvalue weighted by atomic mass is 9.37. The molecule has 0 bridgehead atoms. The summed E-state index contributed by atoms with van der Waals surface area (Å²) in [7, 11) is 0. The average Bonchev–Trinajstić information content (AvgIpc) is 3.14. The maximum atomic E-state index is 2.63. The molecule has 0 N–H and O–H groups in total. The van der Waals surface area contributed by atoms with Crippen LogP contribution in [0.2, 0.25) is 0 Å². The lowest BCUT2D eigenvalue weighted by Gasteiger charge is -2.49. The van der Waals surface area contributed by atoms with Gasteiger partial charge in [-0.3, -0.25) is 0 Å². The standard InChI is InChI=1S/C42H26B2N2/c1-2-12-27(13-3-1)28-24-25-38-32(26-28)30-15-5-8-18-34(30)44-36-20-10-19-35-41(36)42-39(22-11-23-40(42)46(38)44)45-37-21-9-6-16-31(37)29-14-4-7-17-33(29)43(35)45/h1-26H. The fourth-order valence-corrected chi connectivity index (χ4v) is 8.87. The van der Waals surface area contributed by atoms with E-state index >= 15 is 0 Å². The Balaban J connectivity index is 1.23. The van der Waals surface area contributed by atoms with Gasteiger partial charge in [-0.05, 0) is 80.0 Å². The van der Waals surface area contributed by atoms with Crippen molar-refractivity contribution >= 4 is 58.3 Å². The van der Waals surface area contributed by atoms with Crippen molar-refractivity contribution in [3.63, 3.8) is 0 Å². The molecule has 0 saturated heterocycles. The molecule has 4 aliphatic rings. The summed E-state index contributed by atoms with van der Waals surface area (Å²) in [6.07, 6.45) is 0. The molecule has 0 aromatic heterocycles. The maximum Gasteiger partial charge on any atom is 0.329 e. The summed E-state index contributed by atoms with van der Waals surface area (Å²) in [5.41, 5.74) is 21.1. The number of benzene rings is 7. The zero-order valence-corrected chi connectivity index (χ0v) is 25.1. The summed E-state index contributed by atoms with van der Waals surface area (Å²) in [5, 5.41) is 0. The highest BCUT2D eigenvalue weighted by Crippen LogP contribution is 2.53. The van der Waals surface area contributed by atoms with Gasteiger partial charge in [0.2, 0.25) is 0 Å². The van der Waals surface area contributed by atoms with Crippen LogP contribution in [0.25, 0.3) is 44.5 Å². The predicted molar refractivity (Wildman–Crippen MR) is 195 cm³/mol. The van der Waals surface area contributed by atoms with Crippen molar-refractivity contribution in [2.75, 3.05) is 9.62 Å². The van der Waals surface area contributed by atoms with Gasteiger partial charge in [0.15, 0.2) is 0 Å². The minimum atomic E-state index is 0.0849. The summed E-state index contributed by atoms with van der Waals surface area (Å²) < 4.78 is 0. The molecule has 4 heterocycles. The molecule has 0 atom stereocenters. The van der Waals surface area contributed by atoms with Gasteiger partial charge < -0.3 is 9.62 Å². The van der Waals surface area contributed by atoms with E-state index in [-0.39, 0.29) is 13.7 Å². The lowest BCUT2D eigenvalue weighted by Crippen LogP contribution is -2.65. The Labute approximate surface area is 269 Å². The Bertz CT molecular complexity index is 2420. The molecule has 0 spiro atoms. The first-order valence-corrected chi connectivity index (χ1v) is 16.2. The van der Waals surface area contributed by atoms with Gasteiger partial charge in [-0.15, -0.1) is 0 Å². The highest BCUT2D eigenvalue weighted by molar-refractivity contribution is 6.97. The third kappa shape index (κ3) is 3.04. The summed E-state index contributed by atoms with van der Waals surface area (Å²) >= 11 is 0. The van der Waals surface area contributed by atoms with Crippen LogP contribution in [-0.2, 0) is 0 Å². The Morgan fingerprint density at radius 3 is 1.50 bits per heavy atom. The zero-order valence-electron chi connectivity index (χ0n) is 25.1. The lowest BCUT2D eigenvalue weighted by molar-refractivity contribution is 1.30. The Morgan fingerprint density at radius 2 is 0.804 bits per heavy atom. The average molecular weight is 580 g/mol. The maximum absolute atomic E-state index is 2.63. The van der Waals surface area contributed by atoms with Crippen molar-refractivity contribution < 1.29 is 0 Å². The van der Waals surface area contributed by atoms with Gasteiger partial charge >= 0.3 is 13.7 Å². The smallest absolute Gasteiger partial charge is 0.329 e. The largest absolute Gasteiger partial charge is 0.376 e. The van der Waals surface area contributed by atoms with Gasteiger partial charge in [0.25, 0.3) is 0 Å². The van der Waals surface area contributed by atoms with Gasteiger partial charge in [-0.1, -0.05) is 127 Å². The van der Waals surface area contributed by atoms with E-state index in [1.54, 1.807) is 0 Å². The first-order chi connectivity index (χ1) is 22.9. The Hall–Kier alpha value is -5.73. The van der Waals surface area contributed by atoms with Crippen molar-refractivity contribution in [2.24, 2.45) is 0 Å². The van der Waals surface area contributed by atoms with E-state index in [1.165, 1.54) is 89.1 Å². The van der Waals surface area contributed by atoms with E-state index in [2.05, 4.69) is 167 Å². The monoisotopic (exact) mass is 580 g/mol. The number of para-hydroxylation sites is 1. The van der Waals surface area contributed by atoms with Crippen LogP contribution in [0.3, 0.4) is 0 Å². The quantitative estimate of drug-likeness (QED) is 0.186. The van der Waals surface area contributed by atoms with E-state index in [4.69, 9.17) is 0 Å². The third-order valence-corrected chi connectivity index (χ3v) is 10.6. The molecule has 0 aliphatic carbocycles. The summed E-state index contributed by atoms with van der Waals surface area (Å²) in [6, 6.07) is 58.8. The second kappa shape index (κ2) is 8.93. The second-order valence-corrected chi connectivity index (χ2v) is 12.8. The normalized spacial score (nSPS) is 13.9. The summed E-state index contributed by atoms with van der Waals surface area (Å²) in [6.45, 7) is 0.191. The van der Waals surface area contributed by atoms with Crippen molar-refractivity contribution in [3.05, 3.63) is 158 Å². The van der Waals surface area contributed by atoms with Gasteiger partial charge in [0, 0.05) is 39.4 Å². The van der Waals surface area contributed by atoms with E-state index in [0.29, 0.717) is 0 Å². The van der Waals surface area contributed by atoms with E-state index in [1.807, 2.05) is 0 Å². The highest BCUT2D eigenvalue weighted by atomic mass is 15.1. The van der Waals surface area contributed by atoms with Crippen LogP contribution in [0.4, 0.5) is 22.7 Å². The molecule has 7 aromatic rings. The van der Waals surface area contributed by atoms with Gasteiger partial charge in [-0.2, -0.15) is 0 Å². The van der Waals surface area contributed by atoms with E-state index in [0.717, 1.165) is 0 Å². The number of anilines is 4. The van der Waals surface area contributed by atoms with Crippen LogP contribution in [0.15, 0.2) is 158 Å². The molecule has 7 aromatic carbocycles. The number of hydrogen-bond donors (Lipinski definition) is 0. The SMILES string of the molecule is c1ccc(-c2ccc3c(c2)-c2ccccc2B2c4cccc5c4-c4c(cccc4N23)N2B5c3ccccc3-c3ccccc32)cc1. The molecule has 0 unspecified atom stereocenters. The van der Waals surface area contributed by atoms with Crippen LogP contribution < -0.4 is 31.5 Å². The zero-order chi connectivity index (χ0) is 29.9. The first kappa shape index (κ1) is 24.6. The number of fused-ring (bicyclic) bond motifs is 16. The van der Waals surface area contributed by atoms with Gasteiger partial charge in [0.05, 0.1) is 0 Å². The molecule has 46 heavy (non-hydrogen) atoms. The van der Waals surface area contributed by atoms with Crippen LogP contribution in [-0.4, -0.2) is 13.7 Å². The molecule has 0 radical (unpaired) electrons. The molecule has 11 rings (SSSR count). The highest BCUT2D eigenvalue weighted by Gasteiger charge is 2.49. The first-order valence-electron chi connectivity index (χ1n) is 16.2. The topological polar surface area (TPSA) is 6.48 Å². The predicted octanol–water partition coefficient (Wildman–Crippen LogP) is 7.50. The minimum Gasteiger partial charge on any atom is -0.376 e. The second-order valence-electron chi connectivity index (χ2n) is 12.8. The van der Waals surface area contributed by atoms with Crippen molar-refractivity contribution in [2.45, 2.75) is 0 Å². The Morgan fingerprint density at radius 1 is 0.304 bits per heavy atom. The van der Waals surface area contributed by atoms with Crippen molar-refractivity contribution in [3.8, 4) is 44.5 Å². The molecule has 0 fully saturated rings. The van der Waals surface area contributed by atoms with Gasteiger partial charge in [-0.25, -0.2) is 0 Å². The van der Waals surface area contributed by atoms with E-state index in [9.17, 15) is 0 Å². The molecular weight excluding hydrogens is 554 g/mol. The summed E-state index contributed by atoms with van der Waals surface area (Å²) in [4.78, 5) is 5.24. The molecule has 2 nitrogen and oxygen atoms in total. The molecule has 4 aliphatic heterocycles. The number of hydrogen-bond acceptors (Lipinski definition) is 2. The number of rotatable bonds is 1. The molecule has 0 saturated carbocycles. The fraction of sp³-hybridized carbons (Fsp3) is 0. The molecular formula is C42H26B2N2. The van der Waals surface area contributed by atoms with Crippen molar-refractivity contribution in [1.82, 2.24) is 0 Å². The van der Waals surface area contributed by atoms with Crippen LogP contribution in [0.1, 0.15) is 0 Å². The van der Waals surface area contributed by atoms with Crippen molar-refractivity contribution in [1.29, 1.82) is 0 Å². The third-order valence-electron chi connectivity index (χ3n) is 10.6. The molecule has 4 heteroatoms. The van der Waals surface area contributed by atoms with Crippen LogP contribution in [0.5, 0.6) is 0 Å².